The first-order valence-corrected chi connectivity index (χ1v) is 26.0. The molecule has 4 nitrogen and oxygen atoms in total. The van der Waals surface area contributed by atoms with Crippen LogP contribution in [0.15, 0.2) is 60.7 Å². The minimum atomic E-state index is -0.857. The first-order chi connectivity index (χ1) is 32.3. The van der Waals surface area contributed by atoms with Crippen molar-refractivity contribution in [3.05, 3.63) is 108 Å². The zero-order valence-electron chi connectivity index (χ0n) is 41.6. The fourth-order valence-corrected chi connectivity index (χ4v) is 7.50. The number of halogens is 4. The molecule has 0 bridgehead atoms. The number of nitrogens with one attached hydrogen (secondary N) is 2. The summed E-state index contributed by atoms with van der Waals surface area (Å²) < 4.78 is 52.4. The van der Waals surface area contributed by atoms with E-state index in [1.807, 2.05) is 36.4 Å². The Balaban J connectivity index is 0.00000105. The maximum atomic E-state index is 13.4. The second-order valence-corrected chi connectivity index (χ2v) is 17.6. The molecule has 2 aliphatic rings. The molecule has 2 aromatic carbocycles. The summed E-state index contributed by atoms with van der Waals surface area (Å²) in [5.74, 6) is -3.70. The molecule has 0 spiro atoms. The number of hydrogen-bond donors (Lipinski definition) is 2. The average Bonchev–Trinajstić information content (AvgIpc) is 4.10. The van der Waals surface area contributed by atoms with E-state index in [4.69, 9.17) is 0 Å². The van der Waals surface area contributed by atoms with Gasteiger partial charge in [-0.3, -0.25) is 21.7 Å². The van der Waals surface area contributed by atoms with Crippen molar-refractivity contribution in [2.24, 2.45) is 0 Å². The van der Waals surface area contributed by atoms with Crippen LogP contribution in [-0.4, -0.2) is 11.8 Å². The van der Waals surface area contributed by atoms with Gasteiger partial charge in [0.25, 0.3) is 0 Å². The van der Waals surface area contributed by atoms with E-state index in [1.54, 1.807) is 0 Å². The van der Waals surface area contributed by atoms with Crippen molar-refractivity contribution in [1.29, 1.82) is 0 Å². The maximum Gasteiger partial charge on any atom is 4.00 e. The summed E-state index contributed by atoms with van der Waals surface area (Å²) in [6.07, 6.45) is 59.1. The Hall–Kier alpha value is -3.23. The fourth-order valence-electron chi connectivity index (χ4n) is 7.50. The first kappa shape index (κ1) is 63.8. The molecule has 0 heterocycles. The third-order valence-electron chi connectivity index (χ3n) is 11.5. The summed E-state index contributed by atoms with van der Waals surface area (Å²) in [7, 11) is 0. The molecule has 0 fully saturated rings. The molecule has 0 unspecified atom stereocenters. The normalized spacial score (nSPS) is 11.8. The van der Waals surface area contributed by atoms with Crippen molar-refractivity contribution in [2.45, 2.75) is 232 Å². The van der Waals surface area contributed by atoms with Crippen LogP contribution in [0.4, 0.5) is 28.9 Å². The van der Waals surface area contributed by atoms with E-state index >= 15 is 0 Å². The van der Waals surface area contributed by atoms with Gasteiger partial charge in [0, 0.05) is 36.1 Å². The predicted octanol–water partition coefficient (Wildman–Crippen LogP) is 18.5. The molecule has 0 atom stereocenters. The quantitative estimate of drug-likeness (QED) is 0.0318. The largest absolute Gasteiger partial charge is 4.00 e. The zero-order valence-corrected chi connectivity index (χ0v) is 43.2. The molecule has 0 aromatic heterocycles. The second-order valence-electron chi connectivity index (χ2n) is 17.6. The number of anilines is 2. The van der Waals surface area contributed by atoms with E-state index in [-0.39, 0.29) is 44.9 Å². The fraction of sp³-hybridized carbons (Fsp3) is 0.621. The van der Waals surface area contributed by atoms with Crippen LogP contribution in [0.25, 0.3) is 0 Å². The molecular weight excluding hydrogens is 881 g/mol. The van der Waals surface area contributed by atoms with Crippen LogP contribution in [0.1, 0.15) is 232 Å². The van der Waals surface area contributed by atoms with Gasteiger partial charge in [-0.25, -0.2) is 41.9 Å². The van der Waals surface area contributed by atoms with E-state index in [2.05, 4.69) is 48.8 Å². The summed E-state index contributed by atoms with van der Waals surface area (Å²) >= 11 is 0. The topological polar surface area (TPSA) is 58.2 Å². The standard InChI is InChI=1S/2C24H38F2NO.2C5H5.Ti/c2*1-2-3-4-5-6-7-8-9-10-11-12-13-14-15-16-17-24(28)27-23-19-18-21(25)20-22(23)26;2*1-2-4-5-3-1;/h2*18-19H,2-17H2,1H3,(H,27,28);2*1-3H,4H2;/q4*-1;+4. The van der Waals surface area contributed by atoms with Gasteiger partial charge in [0.05, 0.1) is 0 Å². The molecule has 2 amide bonds. The van der Waals surface area contributed by atoms with Crippen molar-refractivity contribution < 1.29 is 48.9 Å². The van der Waals surface area contributed by atoms with E-state index in [9.17, 15) is 27.2 Å². The molecule has 0 aliphatic heterocycles. The van der Waals surface area contributed by atoms with Gasteiger partial charge in [-0.1, -0.05) is 194 Å². The van der Waals surface area contributed by atoms with Gasteiger partial charge in [0.1, 0.15) is 0 Å². The van der Waals surface area contributed by atoms with E-state index in [0.717, 1.165) is 63.5 Å². The molecule has 372 valence electrons. The van der Waals surface area contributed by atoms with Gasteiger partial charge in [0.2, 0.25) is 11.8 Å². The zero-order chi connectivity index (χ0) is 48.0. The van der Waals surface area contributed by atoms with Crippen molar-refractivity contribution >= 4 is 23.2 Å². The number of allylic oxidation sites excluding steroid dienone is 8. The van der Waals surface area contributed by atoms with Crippen molar-refractivity contribution in [3.63, 3.8) is 0 Å². The van der Waals surface area contributed by atoms with Crippen LogP contribution in [0.2, 0.25) is 0 Å². The first-order valence-electron chi connectivity index (χ1n) is 26.0. The summed E-state index contributed by atoms with van der Waals surface area (Å²) in [6, 6.07) is 8.47. The Morgan fingerprint density at radius 3 is 0.910 bits per heavy atom. The SMILES string of the molecule is CCCCCCCCCCCCCCCCCC(=O)Nc1ccc(F)[c-]c1F.CCCCCCCCCCCCCCCCCC(=O)Nc1ccc(F)[c-]c1F.[C-]1=CC=CC1.[C-]1=CC=CC1.[Ti+4]. The Bertz CT molecular complexity index is 1470. The Morgan fingerprint density at radius 2 is 0.701 bits per heavy atom. The monoisotopic (exact) mass is 967 g/mol. The number of amides is 2. The van der Waals surface area contributed by atoms with Gasteiger partial charge in [-0.2, -0.15) is 12.2 Å². The van der Waals surface area contributed by atoms with Crippen molar-refractivity contribution in [3.8, 4) is 0 Å². The number of benzene rings is 2. The number of carbonyl (C=O) groups excluding carboxylic acids is 2. The minimum Gasteiger partial charge on any atom is -0.377 e. The summed E-state index contributed by atoms with van der Waals surface area (Å²) in [5, 5.41) is 4.95. The third kappa shape index (κ3) is 41.5. The molecule has 2 N–H and O–H groups in total. The van der Waals surface area contributed by atoms with Crippen LogP contribution < -0.4 is 10.6 Å². The van der Waals surface area contributed by atoms with Gasteiger partial charge in [-0.05, 0) is 24.2 Å². The van der Waals surface area contributed by atoms with E-state index in [0.29, 0.717) is 12.8 Å². The average molecular weight is 967 g/mol. The van der Waals surface area contributed by atoms with E-state index < -0.39 is 23.3 Å². The number of carbonyl (C=O) groups is 2. The smallest absolute Gasteiger partial charge is 0.377 e. The van der Waals surface area contributed by atoms with Crippen LogP contribution in [0, 0.1) is 47.6 Å². The van der Waals surface area contributed by atoms with Crippen molar-refractivity contribution in [2.75, 3.05) is 10.6 Å². The number of unbranched alkanes of at least 4 members (excludes halogenated alkanes) is 28. The number of hydrogen-bond acceptors (Lipinski definition) is 2. The molecule has 9 heteroatoms. The number of rotatable bonds is 34. The predicted molar refractivity (Wildman–Crippen MR) is 270 cm³/mol. The molecular formula is C58H86F4N2O2Ti. The minimum absolute atomic E-state index is 0. The molecule has 0 radical (unpaired) electrons. The van der Waals surface area contributed by atoms with Crippen molar-refractivity contribution in [1.82, 2.24) is 0 Å². The molecule has 4 rings (SSSR count). The summed E-state index contributed by atoms with van der Waals surface area (Å²) in [4.78, 5) is 23.6. The van der Waals surface area contributed by atoms with Gasteiger partial charge in [-0.15, -0.1) is 49.2 Å². The Kier molecular flexibility index (Phi) is 45.5. The molecule has 0 saturated carbocycles. The Labute approximate surface area is 421 Å². The summed E-state index contributed by atoms with van der Waals surface area (Å²) in [6.45, 7) is 4.52. The van der Waals surface area contributed by atoms with Gasteiger partial charge < -0.3 is 10.6 Å². The maximum absolute atomic E-state index is 13.4. The molecule has 0 saturated heterocycles. The summed E-state index contributed by atoms with van der Waals surface area (Å²) in [5.41, 5.74) is -0.0141. The van der Waals surface area contributed by atoms with Crippen LogP contribution in [-0.2, 0) is 31.3 Å². The van der Waals surface area contributed by atoms with Crippen LogP contribution in [0.5, 0.6) is 0 Å². The Morgan fingerprint density at radius 1 is 0.433 bits per heavy atom. The van der Waals surface area contributed by atoms with Crippen LogP contribution >= 0.6 is 0 Å². The van der Waals surface area contributed by atoms with Gasteiger partial charge in [0.15, 0.2) is 0 Å². The third-order valence-corrected chi connectivity index (χ3v) is 11.5. The molecule has 2 aliphatic carbocycles. The van der Waals surface area contributed by atoms with Gasteiger partial charge >= 0.3 is 21.7 Å². The molecule has 67 heavy (non-hydrogen) atoms. The second kappa shape index (κ2) is 47.8. The van der Waals surface area contributed by atoms with Crippen LogP contribution in [0.3, 0.4) is 0 Å². The molecule has 2 aromatic rings. The van der Waals surface area contributed by atoms with E-state index in [1.165, 1.54) is 166 Å².